The fourth-order valence-corrected chi connectivity index (χ4v) is 2.86. The summed E-state index contributed by atoms with van der Waals surface area (Å²) < 4.78 is 0. The number of hydrogen-bond donors (Lipinski definition) is 3. The molecule has 0 saturated heterocycles. The maximum absolute atomic E-state index is 12.4. The number of halogens is 1. The highest BCUT2D eigenvalue weighted by atomic mass is 35.5. The predicted octanol–water partition coefficient (Wildman–Crippen LogP) is 3.40. The van der Waals surface area contributed by atoms with Gasteiger partial charge in [0.25, 0.3) is 5.91 Å². The lowest BCUT2D eigenvalue weighted by Gasteiger charge is -2.05. The molecular weight excluding hydrogens is 300 g/mol. The van der Waals surface area contributed by atoms with E-state index in [4.69, 9.17) is 11.6 Å². The van der Waals surface area contributed by atoms with Gasteiger partial charge in [-0.15, -0.1) is 0 Å². The van der Waals surface area contributed by atoms with E-state index in [1.165, 1.54) is 0 Å². The quantitative estimate of drug-likeness (QED) is 0.693. The molecule has 3 N–H and O–H groups in total. The molecule has 22 heavy (non-hydrogen) atoms. The summed E-state index contributed by atoms with van der Waals surface area (Å²) in [6, 6.07) is 5.64. The van der Waals surface area contributed by atoms with E-state index >= 15 is 0 Å². The van der Waals surface area contributed by atoms with Gasteiger partial charge in [0.2, 0.25) is 0 Å². The number of amides is 1. The third-order valence-electron chi connectivity index (χ3n) is 3.98. The number of hydrogen-bond acceptors (Lipinski definition) is 2. The topological polar surface area (TPSA) is 73.6 Å². The SMILES string of the molecule is Cc1n[nH]c(C)c1CNC(=O)c1[nH]c2c(Cl)cccc2c1C. The highest BCUT2D eigenvalue weighted by Gasteiger charge is 2.16. The zero-order valence-corrected chi connectivity index (χ0v) is 13.4. The molecule has 114 valence electrons. The van der Waals surface area contributed by atoms with Crippen molar-refractivity contribution in [1.29, 1.82) is 0 Å². The lowest BCUT2D eigenvalue weighted by atomic mass is 10.1. The van der Waals surface area contributed by atoms with Gasteiger partial charge in [-0.3, -0.25) is 9.89 Å². The summed E-state index contributed by atoms with van der Waals surface area (Å²) in [7, 11) is 0. The summed E-state index contributed by atoms with van der Waals surface area (Å²) in [6.07, 6.45) is 0. The van der Waals surface area contributed by atoms with E-state index in [0.29, 0.717) is 17.3 Å². The minimum absolute atomic E-state index is 0.148. The highest BCUT2D eigenvalue weighted by molar-refractivity contribution is 6.35. The predicted molar refractivity (Wildman–Crippen MR) is 87.3 cm³/mol. The summed E-state index contributed by atoms with van der Waals surface area (Å²) in [6.45, 7) is 6.21. The molecule has 0 aliphatic heterocycles. The first kappa shape index (κ1) is 14.7. The average molecular weight is 317 g/mol. The number of nitrogens with zero attached hydrogens (tertiary/aromatic N) is 1. The summed E-state index contributed by atoms with van der Waals surface area (Å²) in [5, 5.41) is 11.6. The van der Waals surface area contributed by atoms with Gasteiger partial charge in [0.05, 0.1) is 16.2 Å². The lowest BCUT2D eigenvalue weighted by Crippen LogP contribution is -2.24. The maximum Gasteiger partial charge on any atom is 0.268 e. The molecule has 0 aliphatic rings. The normalized spacial score (nSPS) is 11.1. The summed E-state index contributed by atoms with van der Waals surface area (Å²) in [4.78, 5) is 15.6. The Labute approximate surface area is 133 Å². The Bertz CT molecular complexity index is 843. The first-order valence-corrected chi connectivity index (χ1v) is 7.42. The van der Waals surface area contributed by atoms with Crippen LogP contribution in [0.3, 0.4) is 0 Å². The number of benzene rings is 1. The Morgan fingerprint density at radius 3 is 2.73 bits per heavy atom. The average Bonchev–Trinajstić information content (AvgIpc) is 2.99. The minimum atomic E-state index is -0.148. The standard InChI is InChI=1S/C16H17ClN4O/c1-8-11-5-4-6-13(17)15(11)19-14(8)16(22)18-7-12-9(2)20-21-10(12)3/h4-6,19H,7H2,1-3H3,(H,18,22)(H,20,21). The van der Waals surface area contributed by atoms with Gasteiger partial charge in [-0.05, 0) is 32.4 Å². The van der Waals surface area contributed by atoms with Crippen molar-refractivity contribution in [2.45, 2.75) is 27.3 Å². The molecule has 0 unspecified atom stereocenters. The molecule has 3 rings (SSSR count). The molecule has 1 amide bonds. The van der Waals surface area contributed by atoms with Crippen LogP contribution in [0, 0.1) is 20.8 Å². The second-order valence-electron chi connectivity index (χ2n) is 5.38. The van der Waals surface area contributed by atoms with Crippen LogP contribution < -0.4 is 5.32 Å². The second kappa shape index (κ2) is 5.50. The fraction of sp³-hybridized carbons (Fsp3) is 0.250. The third kappa shape index (κ3) is 2.37. The smallest absolute Gasteiger partial charge is 0.268 e. The first-order chi connectivity index (χ1) is 10.5. The molecule has 0 fully saturated rings. The monoisotopic (exact) mass is 316 g/mol. The van der Waals surface area contributed by atoms with Gasteiger partial charge < -0.3 is 10.3 Å². The Kier molecular flexibility index (Phi) is 3.66. The molecule has 2 aromatic heterocycles. The van der Waals surface area contributed by atoms with E-state index in [0.717, 1.165) is 33.4 Å². The molecule has 5 nitrogen and oxygen atoms in total. The first-order valence-electron chi connectivity index (χ1n) is 7.04. The molecular formula is C16H17ClN4O. The molecule has 0 bridgehead atoms. The minimum Gasteiger partial charge on any atom is -0.349 e. The van der Waals surface area contributed by atoms with Crippen molar-refractivity contribution < 1.29 is 4.79 Å². The van der Waals surface area contributed by atoms with Gasteiger partial charge in [0.15, 0.2) is 0 Å². The number of carbonyl (C=O) groups excluding carboxylic acids is 1. The number of H-pyrrole nitrogens is 2. The van der Waals surface area contributed by atoms with Crippen LogP contribution in [0.4, 0.5) is 0 Å². The summed E-state index contributed by atoms with van der Waals surface area (Å²) >= 11 is 6.17. The highest BCUT2D eigenvalue weighted by Crippen LogP contribution is 2.27. The number of aromatic nitrogens is 3. The molecule has 6 heteroatoms. The second-order valence-corrected chi connectivity index (χ2v) is 5.79. The van der Waals surface area contributed by atoms with Crippen LogP contribution in [-0.4, -0.2) is 21.1 Å². The van der Waals surface area contributed by atoms with Crippen molar-refractivity contribution in [1.82, 2.24) is 20.5 Å². The number of rotatable bonds is 3. The Morgan fingerprint density at radius 2 is 2.09 bits per heavy atom. The van der Waals surface area contributed by atoms with E-state index in [-0.39, 0.29) is 5.91 Å². The molecule has 0 radical (unpaired) electrons. The molecule has 0 saturated carbocycles. The van der Waals surface area contributed by atoms with Crippen LogP contribution in [0.5, 0.6) is 0 Å². The maximum atomic E-state index is 12.4. The number of aromatic amines is 2. The molecule has 2 heterocycles. The van der Waals surface area contributed by atoms with Crippen LogP contribution in [0.25, 0.3) is 10.9 Å². The van der Waals surface area contributed by atoms with Crippen molar-refractivity contribution in [3.05, 3.63) is 51.4 Å². The van der Waals surface area contributed by atoms with E-state index in [2.05, 4.69) is 20.5 Å². The van der Waals surface area contributed by atoms with E-state index < -0.39 is 0 Å². The van der Waals surface area contributed by atoms with Gasteiger partial charge in [0, 0.05) is 23.2 Å². The zero-order valence-electron chi connectivity index (χ0n) is 12.7. The van der Waals surface area contributed by atoms with E-state index in [1.807, 2.05) is 32.9 Å². The van der Waals surface area contributed by atoms with Crippen molar-refractivity contribution in [2.75, 3.05) is 0 Å². The van der Waals surface area contributed by atoms with Crippen LogP contribution in [0.15, 0.2) is 18.2 Å². The van der Waals surface area contributed by atoms with E-state index in [9.17, 15) is 4.79 Å². The fourth-order valence-electron chi connectivity index (χ4n) is 2.64. The molecule has 3 aromatic rings. The van der Waals surface area contributed by atoms with Crippen molar-refractivity contribution >= 4 is 28.4 Å². The number of fused-ring (bicyclic) bond motifs is 1. The van der Waals surface area contributed by atoms with Gasteiger partial charge >= 0.3 is 0 Å². The Hall–Kier alpha value is -2.27. The van der Waals surface area contributed by atoms with Gasteiger partial charge in [0.1, 0.15) is 5.69 Å². The number of nitrogens with one attached hydrogen (secondary N) is 3. The molecule has 1 aromatic carbocycles. The molecule has 0 atom stereocenters. The zero-order chi connectivity index (χ0) is 15.9. The van der Waals surface area contributed by atoms with Gasteiger partial charge in [-0.1, -0.05) is 23.7 Å². The van der Waals surface area contributed by atoms with Crippen LogP contribution >= 0.6 is 11.6 Å². The number of para-hydroxylation sites is 1. The third-order valence-corrected chi connectivity index (χ3v) is 4.29. The summed E-state index contributed by atoms with van der Waals surface area (Å²) in [5.41, 5.74) is 5.11. The largest absolute Gasteiger partial charge is 0.349 e. The number of carbonyl (C=O) groups is 1. The molecule has 0 aliphatic carbocycles. The van der Waals surface area contributed by atoms with Gasteiger partial charge in [-0.2, -0.15) is 5.10 Å². The van der Waals surface area contributed by atoms with Gasteiger partial charge in [-0.25, -0.2) is 0 Å². The lowest BCUT2D eigenvalue weighted by molar-refractivity contribution is 0.0946. The van der Waals surface area contributed by atoms with Crippen molar-refractivity contribution in [3.8, 4) is 0 Å². The van der Waals surface area contributed by atoms with Crippen LogP contribution in [-0.2, 0) is 6.54 Å². The summed E-state index contributed by atoms with van der Waals surface area (Å²) in [5.74, 6) is -0.148. The Balaban J connectivity index is 1.87. The van der Waals surface area contributed by atoms with Crippen molar-refractivity contribution in [2.24, 2.45) is 0 Å². The Morgan fingerprint density at radius 1 is 1.32 bits per heavy atom. The van der Waals surface area contributed by atoms with Crippen LogP contribution in [0.2, 0.25) is 5.02 Å². The van der Waals surface area contributed by atoms with E-state index in [1.54, 1.807) is 6.07 Å². The molecule has 0 spiro atoms. The van der Waals surface area contributed by atoms with Crippen LogP contribution in [0.1, 0.15) is 33.0 Å². The number of aryl methyl sites for hydroxylation is 3. The van der Waals surface area contributed by atoms with Crippen molar-refractivity contribution in [3.63, 3.8) is 0 Å².